The molecule has 2 unspecified atom stereocenters. The fourth-order valence-electron chi connectivity index (χ4n) is 8.26. The van der Waals surface area contributed by atoms with E-state index in [1.165, 1.54) is 0 Å². The quantitative estimate of drug-likeness (QED) is 0.212. The lowest BCUT2D eigenvalue weighted by Gasteiger charge is -2.37. The first kappa shape index (κ1) is 33.6. The summed E-state index contributed by atoms with van der Waals surface area (Å²) in [7, 11) is 0. The minimum Gasteiger partial charge on any atom is -0.396 e. The first-order valence-corrected chi connectivity index (χ1v) is 16.7. The van der Waals surface area contributed by atoms with Crippen LogP contribution < -0.4 is 4.90 Å². The Morgan fingerprint density at radius 1 is 0.957 bits per heavy atom. The molecule has 0 aromatic heterocycles. The Labute approximate surface area is 273 Å². The maximum atomic E-state index is 15.0. The number of amides is 3. The van der Waals surface area contributed by atoms with Crippen LogP contribution in [0.15, 0.2) is 73.8 Å². The Balaban J connectivity index is 1.55. The number of hydrogen-bond donors (Lipinski definition) is 1. The number of carbonyl (C=O) groups is 3. The number of benzene rings is 2. The monoisotopic (exact) mass is 627 g/mol. The van der Waals surface area contributed by atoms with Gasteiger partial charge in [0.2, 0.25) is 11.8 Å². The predicted molar refractivity (Wildman–Crippen MR) is 180 cm³/mol. The maximum absolute atomic E-state index is 15.0. The van der Waals surface area contributed by atoms with Crippen molar-refractivity contribution < 1.29 is 24.2 Å². The summed E-state index contributed by atoms with van der Waals surface area (Å²) >= 11 is 0. The van der Waals surface area contributed by atoms with E-state index in [2.05, 4.69) is 13.2 Å². The highest BCUT2D eigenvalue weighted by Gasteiger charge is 2.78. The van der Waals surface area contributed by atoms with Crippen LogP contribution in [0.25, 0.3) is 0 Å². The van der Waals surface area contributed by atoms with Crippen molar-refractivity contribution in [2.24, 2.45) is 11.8 Å². The fraction of sp³-hybridized carbons (Fsp3) is 0.500. The number of anilines is 1. The molecule has 2 aromatic rings. The normalized spacial score (nSPS) is 26.2. The predicted octanol–water partition coefficient (Wildman–Crippen LogP) is 5.35. The first-order chi connectivity index (χ1) is 22.1. The van der Waals surface area contributed by atoms with Gasteiger partial charge in [-0.2, -0.15) is 0 Å². The van der Waals surface area contributed by atoms with Crippen LogP contribution in [-0.4, -0.2) is 76.1 Å². The molecular weight excluding hydrogens is 578 g/mol. The van der Waals surface area contributed by atoms with Gasteiger partial charge in [0.05, 0.1) is 17.4 Å². The van der Waals surface area contributed by atoms with Crippen molar-refractivity contribution in [2.75, 3.05) is 31.1 Å². The van der Waals surface area contributed by atoms with Crippen LogP contribution >= 0.6 is 0 Å². The van der Waals surface area contributed by atoms with Gasteiger partial charge in [-0.25, -0.2) is 0 Å². The summed E-state index contributed by atoms with van der Waals surface area (Å²) < 4.78 is 6.95. The number of carbonyl (C=O) groups excluding carboxylic acids is 3. The van der Waals surface area contributed by atoms with E-state index in [0.717, 1.165) is 35.2 Å². The van der Waals surface area contributed by atoms with Gasteiger partial charge in [-0.15, -0.1) is 13.2 Å². The SMILES string of the molecule is C=CCN(Cc1ccccc1)C(=O)[C@@H]1[C@H]2C(=O)N(CCCCCCO)C(C(=O)N(CC=C)c3c(C)cccc3C)C23CC[C@@]1(C)O3. The van der Waals surface area contributed by atoms with Gasteiger partial charge in [0, 0.05) is 38.5 Å². The molecule has 3 fully saturated rings. The number of aliphatic hydroxyl groups excluding tert-OH is 1. The minimum absolute atomic E-state index is 0.127. The van der Waals surface area contributed by atoms with Crippen LogP contribution in [0.5, 0.6) is 0 Å². The van der Waals surface area contributed by atoms with Crippen molar-refractivity contribution in [3.05, 3.63) is 90.5 Å². The molecule has 2 bridgehead atoms. The molecule has 46 heavy (non-hydrogen) atoms. The third kappa shape index (κ3) is 5.93. The number of nitrogens with zero attached hydrogens (tertiary/aromatic N) is 3. The summed E-state index contributed by atoms with van der Waals surface area (Å²) in [5.74, 6) is -2.01. The van der Waals surface area contributed by atoms with Crippen LogP contribution in [0.1, 0.15) is 62.1 Å². The van der Waals surface area contributed by atoms with Crippen LogP contribution in [0, 0.1) is 25.7 Å². The molecule has 8 heteroatoms. The summed E-state index contributed by atoms with van der Waals surface area (Å²) in [6.45, 7) is 15.3. The summed E-state index contributed by atoms with van der Waals surface area (Å²) in [6.07, 6.45) is 7.58. The number of fused-ring (bicyclic) bond motifs is 1. The van der Waals surface area contributed by atoms with E-state index < -0.39 is 29.1 Å². The maximum Gasteiger partial charge on any atom is 0.253 e. The van der Waals surface area contributed by atoms with E-state index in [9.17, 15) is 19.5 Å². The van der Waals surface area contributed by atoms with E-state index in [4.69, 9.17) is 4.74 Å². The van der Waals surface area contributed by atoms with Crippen LogP contribution in [-0.2, 0) is 25.7 Å². The molecule has 3 amide bonds. The van der Waals surface area contributed by atoms with Crippen molar-refractivity contribution in [3.8, 4) is 0 Å². The lowest BCUT2D eigenvalue weighted by molar-refractivity contribution is -0.150. The Morgan fingerprint density at radius 2 is 1.63 bits per heavy atom. The highest BCUT2D eigenvalue weighted by molar-refractivity contribution is 6.05. The van der Waals surface area contributed by atoms with Gasteiger partial charge in [-0.3, -0.25) is 14.4 Å². The number of ether oxygens (including phenoxy) is 1. The average molecular weight is 628 g/mol. The molecule has 0 radical (unpaired) electrons. The van der Waals surface area contributed by atoms with Crippen molar-refractivity contribution in [1.82, 2.24) is 9.80 Å². The molecule has 5 rings (SSSR count). The van der Waals surface area contributed by atoms with E-state index in [-0.39, 0.29) is 30.9 Å². The molecule has 2 aromatic carbocycles. The second-order valence-corrected chi connectivity index (χ2v) is 13.4. The van der Waals surface area contributed by atoms with Crippen LogP contribution in [0.2, 0.25) is 0 Å². The molecule has 3 aliphatic rings. The van der Waals surface area contributed by atoms with E-state index in [0.29, 0.717) is 45.3 Å². The molecule has 0 aliphatic carbocycles. The zero-order valence-corrected chi connectivity index (χ0v) is 27.6. The Hall–Kier alpha value is -3.75. The zero-order chi connectivity index (χ0) is 33.1. The van der Waals surface area contributed by atoms with E-state index >= 15 is 0 Å². The fourth-order valence-corrected chi connectivity index (χ4v) is 8.26. The second kappa shape index (κ2) is 13.9. The number of aryl methyl sites for hydroxylation is 2. The molecule has 5 atom stereocenters. The zero-order valence-electron chi connectivity index (χ0n) is 27.6. The Kier molecular flexibility index (Phi) is 10.2. The summed E-state index contributed by atoms with van der Waals surface area (Å²) in [6, 6.07) is 14.9. The molecule has 3 heterocycles. The van der Waals surface area contributed by atoms with Gasteiger partial charge >= 0.3 is 0 Å². The van der Waals surface area contributed by atoms with E-state index in [1.54, 1.807) is 26.9 Å². The number of hydrogen-bond acceptors (Lipinski definition) is 5. The molecule has 1 spiro atoms. The number of aliphatic hydroxyl groups is 1. The van der Waals surface area contributed by atoms with Crippen LogP contribution in [0.3, 0.4) is 0 Å². The van der Waals surface area contributed by atoms with Crippen LogP contribution in [0.4, 0.5) is 5.69 Å². The van der Waals surface area contributed by atoms with Gasteiger partial charge in [-0.1, -0.05) is 73.5 Å². The lowest BCUT2D eigenvalue weighted by Crippen LogP contribution is -2.57. The van der Waals surface area contributed by atoms with Crippen molar-refractivity contribution >= 4 is 23.4 Å². The highest BCUT2D eigenvalue weighted by Crippen LogP contribution is 2.63. The Morgan fingerprint density at radius 3 is 2.28 bits per heavy atom. The van der Waals surface area contributed by atoms with Gasteiger partial charge in [0.1, 0.15) is 11.6 Å². The molecule has 1 N–H and O–H groups in total. The molecule has 0 saturated carbocycles. The molecular formula is C38H49N3O5. The second-order valence-electron chi connectivity index (χ2n) is 13.4. The molecule has 246 valence electrons. The standard InChI is InChI=1S/C38H49N3O5/c1-6-22-39(26-29-18-11-10-12-19-29)34(43)30-31-35(44)41(24-13-8-9-14-25-42)33(38(31)21-20-37(30,5)46-38)36(45)40(23-7-2)32-27(3)16-15-17-28(32)4/h6-7,10-12,15-19,30-31,33,42H,1-2,8-9,13-14,20-26H2,3-5H3/t30-,31-,33?,37+,38?/m0/s1. The topological polar surface area (TPSA) is 90.4 Å². The Bertz CT molecular complexity index is 1440. The molecule has 3 aliphatic heterocycles. The van der Waals surface area contributed by atoms with Crippen molar-refractivity contribution in [2.45, 2.75) is 83.1 Å². The smallest absolute Gasteiger partial charge is 0.253 e. The van der Waals surface area contributed by atoms with E-state index in [1.807, 2.05) is 69.3 Å². The summed E-state index contributed by atoms with van der Waals surface area (Å²) in [4.78, 5) is 49.5. The first-order valence-electron chi connectivity index (χ1n) is 16.7. The van der Waals surface area contributed by atoms with Crippen molar-refractivity contribution in [1.29, 1.82) is 0 Å². The minimum atomic E-state index is -1.11. The third-order valence-electron chi connectivity index (χ3n) is 10.2. The molecule has 3 saturated heterocycles. The van der Waals surface area contributed by atoms with Gasteiger partial charge in [0.25, 0.3) is 5.91 Å². The third-order valence-corrected chi connectivity index (χ3v) is 10.2. The number of unbranched alkanes of at least 4 members (excludes halogenated alkanes) is 3. The highest BCUT2D eigenvalue weighted by atomic mass is 16.5. The average Bonchev–Trinajstić information content (AvgIpc) is 3.60. The summed E-state index contributed by atoms with van der Waals surface area (Å²) in [5.41, 5.74) is 1.74. The lowest BCUT2D eigenvalue weighted by atomic mass is 9.66. The number of para-hydroxylation sites is 1. The number of likely N-dealkylation sites (tertiary alicyclic amines) is 1. The summed E-state index contributed by atoms with van der Waals surface area (Å²) in [5, 5.41) is 9.28. The largest absolute Gasteiger partial charge is 0.396 e. The van der Waals surface area contributed by atoms with Crippen molar-refractivity contribution in [3.63, 3.8) is 0 Å². The van der Waals surface area contributed by atoms with Gasteiger partial charge < -0.3 is 24.5 Å². The number of rotatable bonds is 15. The van der Waals surface area contributed by atoms with Gasteiger partial charge in [0.15, 0.2) is 0 Å². The molecule has 8 nitrogen and oxygen atoms in total. The van der Waals surface area contributed by atoms with Gasteiger partial charge in [-0.05, 0) is 63.1 Å².